The van der Waals surface area contributed by atoms with E-state index in [1.165, 1.54) is 4.90 Å². The van der Waals surface area contributed by atoms with Crippen LogP contribution in [0.1, 0.15) is 23.7 Å². The van der Waals surface area contributed by atoms with Gasteiger partial charge in [-0.05, 0) is 30.3 Å². The first-order valence-corrected chi connectivity index (χ1v) is 10.2. The van der Waals surface area contributed by atoms with Crippen molar-refractivity contribution in [3.63, 3.8) is 0 Å². The Balaban J connectivity index is 1.45. The summed E-state index contributed by atoms with van der Waals surface area (Å²) in [6, 6.07) is 8.55. The van der Waals surface area contributed by atoms with Crippen molar-refractivity contribution in [1.29, 1.82) is 0 Å². The van der Waals surface area contributed by atoms with Gasteiger partial charge in [0.1, 0.15) is 18.1 Å². The minimum absolute atomic E-state index is 0.0448. The maximum Gasteiger partial charge on any atom is 0.265 e. The van der Waals surface area contributed by atoms with Crippen molar-refractivity contribution in [1.82, 2.24) is 4.98 Å². The minimum atomic E-state index is -0.366. The second-order valence-corrected chi connectivity index (χ2v) is 7.28. The molecule has 9 nitrogen and oxygen atoms in total. The van der Waals surface area contributed by atoms with Crippen LogP contribution in [0.5, 0.6) is 5.75 Å². The molecule has 2 aliphatic heterocycles. The van der Waals surface area contributed by atoms with Crippen molar-refractivity contribution >= 4 is 34.8 Å². The Labute approximate surface area is 179 Å². The highest BCUT2D eigenvalue weighted by molar-refractivity contribution is 6.06. The molecule has 1 aromatic carbocycles. The number of ketones is 1. The third-order valence-corrected chi connectivity index (χ3v) is 5.21. The Bertz CT molecular complexity index is 986. The number of rotatable bonds is 6. The number of aromatic nitrogens is 1. The number of pyridine rings is 1. The number of morpholine rings is 1. The van der Waals surface area contributed by atoms with Crippen molar-refractivity contribution in [2.24, 2.45) is 0 Å². The van der Waals surface area contributed by atoms with Crippen LogP contribution in [-0.4, -0.2) is 62.0 Å². The lowest BCUT2D eigenvalue weighted by atomic mass is 10.1. The molecule has 1 saturated heterocycles. The monoisotopic (exact) mass is 424 g/mol. The molecule has 0 saturated carbocycles. The van der Waals surface area contributed by atoms with Crippen LogP contribution in [0.4, 0.5) is 17.2 Å². The summed E-state index contributed by atoms with van der Waals surface area (Å²) in [5.74, 6) is 0.541. The molecular weight excluding hydrogens is 400 g/mol. The Hall–Kier alpha value is -3.46. The van der Waals surface area contributed by atoms with Gasteiger partial charge < -0.3 is 19.7 Å². The molecule has 0 unspecified atom stereocenters. The third-order valence-electron chi connectivity index (χ3n) is 5.21. The van der Waals surface area contributed by atoms with Crippen LogP contribution >= 0.6 is 0 Å². The van der Waals surface area contributed by atoms with E-state index in [9.17, 15) is 14.4 Å². The van der Waals surface area contributed by atoms with Gasteiger partial charge in [-0.1, -0.05) is 6.92 Å². The lowest BCUT2D eigenvalue weighted by molar-refractivity contribution is -0.123. The molecule has 4 rings (SSSR count). The number of amides is 2. The van der Waals surface area contributed by atoms with Crippen LogP contribution in [0.15, 0.2) is 36.5 Å². The van der Waals surface area contributed by atoms with E-state index in [1.807, 2.05) is 6.07 Å². The molecule has 0 spiro atoms. The van der Waals surface area contributed by atoms with Gasteiger partial charge in [-0.2, -0.15) is 0 Å². The van der Waals surface area contributed by atoms with Crippen molar-refractivity contribution < 1.29 is 23.9 Å². The number of Topliss-reactive ketones (excluding diaryl/α,β-unsaturated/α-hetero) is 1. The molecule has 0 bridgehead atoms. The minimum Gasteiger partial charge on any atom is -0.482 e. The molecule has 0 atom stereocenters. The van der Waals surface area contributed by atoms with Gasteiger partial charge in [-0.25, -0.2) is 4.98 Å². The lowest BCUT2D eigenvalue weighted by Gasteiger charge is -2.29. The SMILES string of the molecule is CCC(=O)c1ccc2c(c1)N(CC(=O)Nc1ccc(N3CCOCC3)nc1)C(=O)CO2. The molecule has 2 aromatic rings. The highest BCUT2D eigenvalue weighted by Gasteiger charge is 2.28. The van der Waals surface area contributed by atoms with Crippen LogP contribution in [0.3, 0.4) is 0 Å². The van der Waals surface area contributed by atoms with Gasteiger partial charge in [0, 0.05) is 25.1 Å². The van der Waals surface area contributed by atoms with Gasteiger partial charge in [0.25, 0.3) is 5.91 Å². The molecule has 1 N–H and O–H groups in total. The Morgan fingerprint density at radius 1 is 1.16 bits per heavy atom. The van der Waals surface area contributed by atoms with Gasteiger partial charge in [-0.3, -0.25) is 19.3 Å². The van der Waals surface area contributed by atoms with E-state index in [0.717, 1.165) is 18.9 Å². The second kappa shape index (κ2) is 9.13. The first-order chi connectivity index (χ1) is 15.0. The summed E-state index contributed by atoms with van der Waals surface area (Å²) in [7, 11) is 0. The fraction of sp³-hybridized carbons (Fsp3) is 0.364. The molecule has 0 radical (unpaired) electrons. The zero-order chi connectivity index (χ0) is 21.8. The number of anilines is 3. The molecule has 162 valence electrons. The van der Waals surface area contributed by atoms with Gasteiger partial charge >= 0.3 is 0 Å². The Morgan fingerprint density at radius 2 is 1.97 bits per heavy atom. The summed E-state index contributed by atoms with van der Waals surface area (Å²) in [4.78, 5) is 45.0. The van der Waals surface area contributed by atoms with E-state index >= 15 is 0 Å². The van der Waals surface area contributed by atoms with Crippen molar-refractivity contribution in [3.05, 3.63) is 42.1 Å². The molecular formula is C22H24N4O5. The number of nitrogens with zero attached hydrogens (tertiary/aromatic N) is 3. The smallest absolute Gasteiger partial charge is 0.265 e. The molecule has 1 fully saturated rings. The molecule has 1 aromatic heterocycles. The highest BCUT2D eigenvalue weighted by Crippen LogP contribution is 2.33. The summed E-state index contributed by atoms with van der Waals surface area (Å²) in [6.07, 6.45) is 1.94. The summed E-state index contributed by atoms with van der Waals surface area (Å²) in [6.45, 7) is 4.31. The summed E-state index contributed by atoms with van der Waals surface area (Å²) < 4.78 is 10.8. The fourth-order valence-corrected chi connectivity index (χ4v) is 3.54. The van der Waals surface area contributed by atoms with E-state index in [4.69, 9.17) is 9.47 Å². The van der Waals surface area contributed by atoms with Crippen molar-refractivity contribution in [2.45, 2.75) is 13.3 Å². The van der Waals surface area contributed by atoms with E-state index in [1.54, 1.807) is 37.4 Å². The summed E-state index contributed by atoms with van der Waals surface area (Å²) >= 11 is 0. The van der Waals surface area contributed by atoms with Crippen LogP contribution < -0.4 is 19.9 Å². The topological polar surface area (TPSA) is 101 Å². The molecule has 9 heteroatoms. The Kier molecular flexibility index (Phi) is 6.13. The predicted molar refractivity (Wildman–Crippen MR) is 115 cm³/mol. The van der Waals surface area contributed by atoms with Crippen molar-refractivity contribution in [2.75, 3.05) is 54.6 Å². The Morgan fingerprint density at radius 3 is 2.68 bits per heavy atom. The predicted octanol–water partition coefficient (Wildman–Crippen LogP) is 1.87. The number of ether oxygens (including phenoxy) is 2. The van der Waals surface area contributed by atoms with Crippen LogP contribution in [-0.2, 0) is 14.3 Å². The average Bonchev–Trinajstić information content (AvgIpc) is 2.81. The average molecular weight is 424 g/mol. The van der Waals surface area contributed by atoms with E-state index < -0.39 is 0 Å². The molecule has 2 amide bonds. The van der Waals surface area contributed by atoms with Gasteiger partial charge in [0.05, 0.1) is 30.8 Å². The van der Waals surface area contributed by atoms with Crippen LogP contribution in [0, 0.1) is 0 Å². The van der Waals surface area contributed by atoms with Crippen LogP contribution in [0.25, 0.3) is 0 Å². The first-order valence-electron chi connectivity index (χ1n) is 10.2. The number of benzene rings is 1. The fourth-order valence-electron chi connectivity index (χ4n) is 3.54. The lowest BCUT2D eigenvalue weighted by Crippen LogP contribution is -2.43. The van der Waals surface area contributed by atoms with Gasteiger partial charge in [0.15, 0.2) is 12.4 Å². The van der Waals surface area contributed by atoms with E-state index in [0.29, 0.717) is 42.3 Å². The highest BCUT2D eigenvalue weighted by atomic mass is 16.5. The molecule has 3 heterocycles. The number of carbonyl (C=O) groups is 3. The zero-order valence-corrected chi connectivity index (χ0v) is 17.3. The zero-order valence-electron chi connectivity index (χ0n) is 17.3. The quantitative estimate of drug-likeness (QED) is 0.707. The molecule has 2 aliphatic rings. The summed E-state index contributed by atoms with van der Waals surface area (Å²) in [5, 5.41) is 2.77. The van der Waals surface area contributed by atoms with Crippen molar-refractivity contribution in [3.8, 4) is 5.75 Å². The van der Waals surface area contributed by atoms with E-state index in [2.05, 4.69) is 15.2 Å². The number of nitrogens with one attached hydrogen (secondary N) is 1. The summed E-state index contributed by atoms with van der Waals surface area (Å²) in [5.41, 5.74) is 1.44. The maximum atomic E-state index is 12.6. The van der Waals surface area contributed by atoms with Gasteiger partial charge in [-0.15, -0.1) is 0 Å². The number of fused-ring (bicyclic) bond motifs is 1. The number of carbonyl (C=O) groups excluding carboxylic acids is 3. The standard InChI is InChI=1S/C22H24N4O5/c1-2-18(27)15-3-5-19-17(11-15)26(22(29)14-31-19)13-21(28)24-16-4-6-20(23-12-16)25-7-9-30-10-8-25/h3-6,11-12H,2,7-10,13-14H2,1H3,(H,24,28). The van der Waals surface area contributed by atoms with Gasteiger partial charge in [0.2, 0.25) is 5.91 Å². The third kappa shape index (κ3) is 4.66. The maximum absolute atomic E-state index is 12.6. The van der Waals surface area contributed by atoms with Crippen LogP contribution in [0.2, 0.25) is 0 Å². The number of hydrogen-bond acceptors (Lipinski definition) is 7. The largest absolute Gasteiger partial charge is 0.482 e. The first kappa shape index (κ1) is 20.8. The molecule has 31 heavy (non-hydrogen) atoms. The second-order valence-electron chi connectivity index (χ2n) is 7.28. The normalized spacial score (nSPS) is 15.8. The number of hydrogen-bond donors (Lipinski definition) is 1. The van der Waals surface area contributed by atoms with E-state index in [-0.39, 0.29) is 30.7 Å². The molecule has 0 aliphatic carbocycles.